The molecule has 0 amide bonds. The predicted molar refractivity (Wildman–Crippen MR) is 85.6 cm³/mol. The van der Waals surface area contributed by atoms with Crippen LogP contribution in [-0.2, 0) is 5.41 Å². The zero-order valence-corrected chi connectivity index (χ0v) is 13.0. The smallest absolute Gasteiger partial charge is 0.274 e. The van der Waals surface area contributed by atoms with Crippen molar-refractivity contribution in [2.24, 2.45) is 5.10 Å². The van der Waals surface area contributed by atoms with Gasteiger partial charge in [0.05, 0.1) is 13.3 Å². The van der Waals surface area contributed by atoms with E-state index >= 15 is 0 Å². The van der Waals surface area contributed by atoms with Crippen LogP contribution in [0, 0.1) is 0 Å². The number of aromatic nitrogens is 3. The standard InChI is InChI=1S/C15H19N5O2/c1-15(2,3)12-13(21)17-14(20-18-12)19-16-9-10-6-5-7-11(8-10)22-4/h5-9H,1-4H3,(H2,17,19,20,21)/b16-9+. The summed E-state index contributed by atoms with van der Waals surface area (Å²) in [7, 11) is 1.60. The first-order chi connectivity index (χ1) is 10.4. The Kier molecular flexibility index (Phi) is 4.55. The number of H-pyrrole nitrogens is 1. The van der Waals surface area contributed by atoms with Gasteiger partial charge in [0.25, 0.3) is 5.56 Å². The number of aromatic amines is 1. The highest BCUT2D eigenvalue weighted by Crippen LogP contribution is 2.15. The molecule has 0 radical (unpaired) electrons. The van der Waals surface area contributed by atoms with Crippen LogP contribution in [-0.4, -0.2) is 28.5 Å². The van der Waals surface area contributed by atoms with Crippen LogP contribution < -0.4 is 15.7 Å². The Hall–Kier alpha value is -2.70. The molecule has 7 nitrogen and oxygen atoms in total. The molecule has 2 N–H and O–H groups in total. The highest BCUT2D eigenvalue weighted by atomic mass is 16.5. The maximum absolute atomic E-state index is 11.9. The molecule has 0 unspecified atom stereocenters. The normalized spacial score (nSPS) is 11.6. The number of hydrogen-bond donors (Lipinski definition) is 2. The Bertz CT molecular complexity index is 731. The molecule has 22 heavy (non-hydrogen) atoms. The van der Waals surface area contributed by atoms with Gasteiger partial charge in [0.15, 0.2) is 0 Å². The fraction of sp³-hybridized carbons (Fsp3) is 0.333. The minimum absolute atomic E-state index is 0.192. The molecule has 0 aliphatic heterocycles. The molecule has 1 aromatic heterocycles. The van der Waals surface area contributed by atoms with Gasteiger partial charge in [-0.2, -0.15) is 5.10 Å². The zero-order chi connectivity index (χ0) is 16.2. The van der Waals surface area contributed by atoms with E-state index in [9.17, 15) is 4.79 Å². The van der Waals surface area contributed by atoms with Crippen LogP contribution in [0.3, 0.4) is 0 Å². The highest BCUT2D eigenvalue weighted by Gasteiger charge is 2.20. The number of rotatable bonds is 4. The third-order valence-corrected chi connectivity index (χ3v) is 2.89. The molecule has 0 fully saturated rings. The second kappa shape index (κ2) is 6.38. The van der Waals surface area contributed by atoms with Crippen LogP contribution in [0.15, 0.2) is 34.2 Å². The summed E-state index contributed by atoms with van der Waals surface area (Å²) in [5.74, 6) is 0.934. The summed E-state index contributed by atoms with van der Waals surface area (Å²) in [5, 5.41) is 11.9. The van der Waals surface area contributed by atoms with Crippen molar-refractivity contribution < 1.29 is 4.74 Å². The molecular weight excluding hydrogens is 282 g/mol. The molecular formula is C15H19N5O2. The summed E-state index contributed by atoms with van der Waals surface area (Å²) in [6, 6.07) is 7.42. The molecule has 0 saturated heterocycles. The van der Waals surface area contributed by atoms with Crippen LogP contribution in [0.4, 0.5) is 5.95 Å². The molecule has 0 atom stereocenters. The fourth-order valence-electron chi connectivity index (χ4n) is 1.77. The Balaban J connectivity index is 2.10. The third-order valence-electron chi connectivity index (χ3n) is 2.89. The number of nitrogens with zero attached hydrogens (tertiary/aromatic N) is 3. The zero-order valence-electron chi connectivity index (χ0n) is 13.0. The Morgan fingerprint density at radius 2 is 2.09 bits per heavy atom. The maximum atomic E-state index is 11.9. The highest BCUT2D eigenvalue weighted by molar-refractivity contribution is 5.80. The van der Waals surface area contributed by atoms with Gasteiger partial charge in [-0.3, -0.25) is 9.78 Å². The molecule has 1 aromatic carbocycles. The first-order valence-corrected chi connectivity index (χ1v) is 6.81. The average Bonchev–Trinajstić information content (AvgIpc) is 2.46. The van der Waals surface area contributed by atoms with Crippen molar-refractivity contribution in [2.75, 3.05) is 12.5 Å². The molecule has 2 rings (SSSR count). The number of ether oxygens (including phenoxy) is 1. The summed E-state index contributed by atoms with van der Waals surface area (Å²) >= 11 is 0. The average molecular weight is 301 g/mol. The largest absolute Gasteiger partial charge is 0.497 e. The van der Waals surface area contributed by atoms with E-state index in [1.807, 2.05) is 45.0 Å². The van der Waals surface area contributed by atoms with Crippen molar-refractivity contribution in [3.63, 3.8) is 0 Å². The molecule has 0 saturated carbocycles. The lowest BCUT2D eigenvalue weighted by Crippen LogP contribution is -2.28. The predicted octanol–water partition coefficient (Wildman–Crippen LogP) is 1.92. The number of methoxy groups -OCH3 is 1. The van der Waals surface area contributed by atoms with Crippen molar-refractivity contribution in [1.29, 1.82) is 0 Å². The monoisotopic (exact) mass is 301 g/mol. The third kappa shape index (κ3) is 3.91. The van der Waals surface area contributed by atoms with Crippen molar-refractivity contribution >= 4 is 12.2 Å². The number of nitrogens with one attached hydrogen (secondary N) is 2. The van der Waals surface area contributed by atoms with Gasteiger partial charge in [-0.25, -0.2) is 5.43 Å². The summed E-state index contributed by atoms with van der Waals surface area (Å²) in [4.78, 5) is 14.5. The van der Waals surface area contributed by atoms with E-state index < -0.39 is 0 Å². The van der Waals surface area contributed by atoms with E-state index in [4.69, 9.17) is 4.74 Å². The molecule has 116 valence electrons. The van der Waals surface area contributed by atoms with E-state index in [1.54, 1.807) is 13.3 Å². The van der Waals surface area contributed by atoms with Crippen molar-refractivity contribution in [3.05, 3.63) is 45.9 Å². The van der Waals surface area contributed by atoms with Crippen molar-refractivity contribution in [2.45, 2.75) is 26.2 Å². The van der Waals surface area contributed by atoms with E-state index in [-0.39, 0.29) is 16.9 Å². The number of benzene rings is 1. The maximum Gasteiger partial charge on any atom is 0.274 e. The Morgan fingerprint density at radius 1 is 1.32 bits per heavy atom. The topological polar surface area (TPSA) is 92.3 Å². The minimum atomic E-state index is -0.358. The number of hydrogen-bond acceptors (Lipinski definition) is 6. The SMILES string of the molecule is COc1cccc(/C=N/Nc2nnc(C(C)(C)C)c(=O)[nH]2)c1. The van der Waals surface area contributed by atoms with E-state index in [0.29, 0.717) is 5.69 Å². The lowest BCUT2D eigenvalue weighted by molar-refractivity contribution is 0.415. The molecule has 1 heterocycles. The lowest BCUT2D eigenvalue weighted by atomic mass is 9.93. The van der Waals surface area contributed by atoms with Crippen LogP contribution in [0.5, 0.6) is 5.75 Å². The van der Waals surface area contributed by atoms with Gasteiger partial charge >= 0.3 is 0 Å². The summed E-state index contributed by atoms with van der Waals surface area (Å²) in [6.45, 7) is 5.71. The number of hydrazone groups is 1. The van der Waals surface area contributed by atoms with Gasteiger partial charge in [0.1, 0.15) is 11.4 Å². The minimum Gasteiger partial charge on any atom is -0.497 e. The van der Waals surface area contributed by atoms with Gasteiger partial charge in [0.2, 0.25) is 5.95 Å². The van der Waals surface area contributed by atoms with Gasteiger partial charge in [-0.15, -0.1) is 10.2 Å². The summed E-state index contributed by atoms with van der Waals surface area (Å²) in [5.41, 5.74) is 3.25. The lowest BCUT2D eigenvalue weighted by Gasteiger charge is -2.15. The second-order valence-corrected chi connectivity index (χ2v) is 5.75. The van der Waals surface area contributed by atoms with E-state index in [2.05, 4.69) is 25.7 Å². The van der Waals surface area contributed by atoms with Crippen LogP contribution in [0.25, 0.3) is 0 Å². The summed E-state index contributed by atoms with van der Waals surface area (Å²) < 4.78 is 5.13. The Labute approximate surface area is 128 Å². The van der Waals surface area contributed by atoms with Crippen molar-refractivity contribution in [3.8, 4) is 5.75 Å². The first kappa shape index (κ1) is 15.7. The fourth-order valence-corrected chi connectivity index (χ4v) is 1.77. The molecule has 0 aliphatic rings. The van der Waals surface area contributed by atoms with Crippen molar-refractivity contribution in [1.82, 2.24) is 15.2 Å². The van der Waals surface area contributed by atoms with Gasteiger partial charge < -0.3 is 4.74 Å². The summed E-state index contributed by atoms with van der Waals surface area (Å²) in [6.07, 6.45) is 1.60. The molecule has 0 spiro atoms. The van der Waals surface area contributed by atoms with E-state index in [1.165, 1.54) is 0 Å². The quantitative estimate of drug-likeness (QED) is 0.665. The molecule has 7 heteroatoms. The van der Waals surface area contributed by atoms with Gasteiger partial charge in [-0.05, 0) is 17.7 Å². The molecule has 0 aliphatic carbocycles. The number of anilines is 1. The first-order valence-electron chi connectivity index (χ1n) is 6.81. The Morgan fingerprint density at radius 3 is 2.73 bits per heavy atom. The van der Waals surface area contributed by atoms with Crippen LogP contribution >= 0.6 is 0 Å². The van der Waals surface area contributed by atoms with E-state index in [0.717, 1.165) is 11.3 Å². The second-order valence-electron chi connectivity index (χ2n) is 5.75. The van der Waals surface area contributed by atoms with Gasteiger partial charge in [0, 0.05) is 5.41 Å². The van der Waals surface area contributed by atoms with Crippen LogP contribution in [0.2, 0.25) is 0 Å². The van der Waals surface area contributed by atoms with Gasteiger partial charge in [-0.1, -0.05) is 32.9 Å². The van der Waals surface area contributed by atoms with Crippen LogP contribution in [0.1, 0.15) is 32.0 Å². The molecule has 0 bridgehead atoms. The molecule has 2 aromatic rings.